The lowest BCUT2D eigenvalue weighted by Crippen LogP contribution is -2.30. The van der Waals surface area contributed by atoms with Gasteiger partial charge in [-0.3, -0.25) is 14.4 Å². The van der Waals surface area contributed by atoms with Gasteiger partial charge in [-0.05, 0) is 78.7 Å². The normalized spacial score (nSPS) is 11.8. The van der Waals surface area contributed by atoms with Gasteiger partial charge in [0.2, 0.25) is 5.91 Å². The van der Waals surface area contributed by atoms with Gasteiger partial charge in [0.25, 0.3) is 11.8 Å². The average Bonchev–Trinajstić information content (AvgIpc) is 3.02. The summed E-state index contributed by atoms with van der Waals surface area (Å²) in [5, 5.41) is 17.2. The number of halogens is 2. The summed E-state index contributed by atoms with van der Waals surface area (Å²) in [5.41, 5.74) is 1.83. The quantitative estimate of drug-likeness (QED) is 0.0943. The molecule has 4 aromatic carbocycles. The Hall–Kier alpha value is -4.38. The minimum absolute atomic E-state index is 0.00218. The van der Waals surface area contributed by atoms with Crippen molar-refractivity contribution < 1.29 is 24.3 Å². The van der Waals surface area contributed by atoms with Gasteiger partial charge in [-0.15, -0.1) is 11.8 Å². The highest BCUT2D eigenvalue weighted by Crippen LogP contribution is 2.30. The number of amides is 3. The van der Waals surface area contributed by atoms with Crippen molar-refractivity contribution in [2.75, 3.05) is 10.6 Å². The fourth-order valence-electron chi connectivity index (χ4n) is 3.97. The maximum Gasteiger partial charge on any atom is 0.335 e. The molecule has 0 saturated heterocycles. The van der Waals surface area contributed by atoms with E-state index in [0.717, 1.165) is 4.47 Å². The molecule has 0 aliphatic heterocycles. The van der Waals surface area contributed by atoms with Crippen molar-refractivity contribution in [1.82, 2.24) is 5.32 Å². The predicted octanol–water partition coefficient (Wildman–Crippen LogP) is 7.72. The molecule has 8 nitrogen and oxygen atoms in total. The Bertz CT molecular complexity index is 1710. The van der Waals surface area contributed by atoms with Gasteiger partial charge < -0.3 is 21.1 Å². The smallest absolute Gasteiger partial charge is 0.335 e. The van der Waals surface area contributed by atoms with Crippen LogP contribution in [0.25, 0.3) is 6.08 Å². The van der Waals surface area contributed by atoms with Gasteiger partial charge in [0.05, 0.1) is 21.5 Å². The minimum Gasteiger partial charge on any atom is -0.478 e. The number of carbonyl (C=O) groups excluding carboxylic acids is 3. The lowest BCUT2D eigenvalue weighted by Gasteiger charge is -2.17. The van der Waals surface area contributed by atoms with Gasteiger partial charge in [0.1, 0.15) is 5.70 Å². The van der Waals surface area contributed by atoms with Crippen LogP contribution in [0.2, 0.25) is 5.02 Å². The van der Waals surface area contributed by atoms with E-state index in [0.29, 0.717) is 28.1 Å². The monoisotopic (exact) mass is 691 g/mol. The van der Waals surface area contributed by atoms with Crippen LogP contribution in [-0.4, -0.2) is 34.0 Å². The molecule has 4 N–H and O–H groups in total. The number of nitrogens with one attached hydrogen (secondary N) is 3. The van der Waals surface area contributed by atoms with Crippen molar-refractivity contribution in [2.24, 2.45) is 0 Å². The maximum absolute atomic E-state index is 13.4. The molecule has 0 aliphatic rings. The molecule has 3 amide bonds. The third kappa shape index (κ3) is 9.06. The molecule has 4 rings (SSSR count). The summed E-state index contributed by atoms with van der Waals surface area (Å²) in [4.78, 5) is 51.5. The number of hydrogen-bond donors (Lipinski definition) is 4. The van der Waals surface area contributed by atoms with Crippen molar-refractivity contribution in [1.29, 1.82) is 0 Å². The molecular formula is C33H27BrClN3O5S. The third-order valence-corrected chi connectivity index (χ3v) is 8.43. The van der Waals surface area contributed by atoms with Crippen LogP contribution < -0.4 is 16.0 Å². The Morgan fingerprint density at radius 1 is 0.886 bits per heavy atom. The van der Waals surface area contributed by atoms with Crippen molar-refractivity contribution in [2.45, 2.75) is 23.5 Å². The van der Waals surface area contributed by atoms with Crippen LogP contribution in [0.15, 0.2) is 112 Å². The first kappa shape index (κ1) is 32.5. The molecule has 0 heterocycles. The predicted molar refractivity (Wildman–Crippen MR) is 178 cm³/mol. The van der Waals surface area contributed by atoms with Crippen LogP contribution >= 0.6 is 39.3 Å². The number of carboxylic acid groups (broad SMARTS) is 1. The van der Waals surface area contributed by atoms with Gasteiger partial charge in [-0.25, -0.2) is 4.79 Å². The standard InChI is InChI=1S/C33H27BrClN3O5S/c1-2-29(32(41)37-27-18-22(33(42)43)13-16-26(27)35)44-25-10-6-9-24(19-25)36-31(40)28(17-20-11-14-23(34)15-12-20)38-30(39)21-7-4-3-5-8-21/h3-19,29H,2H2,1H3,(H,36,40)(H,37,41)(H,38,39)(H,42,43)/b28-17-. The van der Waals surface area contributed by atoms with E-state index < -0.39 is 23.0 Å². The summed E-state index contributed by atoms with van der Waals surface area (Å²) in [6.45, 7) is 1.85. The Balaban J connectivity index is 1.50. The lowest BCUT2D eigenvalue weighted by molar-refractivity contribution is -0.116. The zero-order valence-corrected chi connectivity index (χ0v) is 26.5. The van der Waals surface area contributed by atoms with Gasteiger partial charge >= 0.3 is 5.97 Å². The van der Waals surface area contributed by atoms with E-state index in [9.17, 15) is 24.3 Å². The molecule has 1 atom stereocenters. The van der Waals surface area contributed by atoms with Crippen molar-refractivity contribution in [3.05, 3.63) is 129 Å². The summed E-state index contributed by atoms with van der Waals surface area (Å²) >= 11 is 10.9. The van der Waals surface area contributed by atoms with E-state index in [1.54, 1.807) is 54.6 Å². The first-order valence-corrected chi connectivity index (χ1v) is 15.4. The van der Waals surface area contributed by atoms with Crippen molar-refractivity contribution in [3.8, 4) is 0 Å². The van der Waals surface area contributed by atoms with Crippen molar-refractivity contribution in [3.63, 3.8) is 0 Å². The molecule has 4 aromatic rings. The van der Waals surface area contributed by atoms with Crippen LogP contribution in [-0.2, 0) is 9.59 Å². The lowest BCUT2D eigenvalue weighted by atomic mass is 10.1. The van der Waals surface area contributed by atoms with Crippen LogP contribution in [0.4, 0.5) is 11.4 Å². The second-order valence-corrected chi connectivity index (χ2v) is 12.0. The number of carbonyl (C=O) groups is 4. The van der Waals surface area contributed by atoms with Crippen LogP contribution in [0.3, 0.4) is 0 Å². The molecule has 44 heavy (non-hydrogen) atoms. The fraction of sp³-hybridized carbons (Fsp3) is 0.0909. The van der Waals surface area contributed by atoms with E-state index >= 15 is 0 Å². The van der Waals surface area contributed by atoms with Gasteiger partial charge in [-0.1, -0.05) is 70.9 Å². The highest BCUT2D eigenvalue weighted by atomic mass is 79.9. The molecule has 0 spiro atoms. The molecule has 224 valence electrons. The topological polar surface area (TPSA) is 125 Å². The van der Waals surface area contributed by atoms with Crippen LogP contribution in [0.1, 0.15) is 39.6 Å². The Morgan fingerprint density at radius 3 is 2.30 bits per heavy atom. The summed E-state index contributed by atoms with van der Waals surface area (Å²) in [6, 6.07) is 26.9. The van der Waals surface area contributed by atoms with E-state index in [2.05, 4.69) is 31.9 Å². The zero-order valence-electron chi connectivity index (χ0n) is 23.3. The number of aromatic carboxylic acids is 1. The number of rotatable bonds is 11. The maximum atomic E-state index is 13.4. The SMILES string of the molecule is CCC(Sc1cccc(NC(=O)/C(=C/c2ccc(Br)cc2)NC(=O)c2ccccc2)c1)C(=O)Nc1cc(C(=O)O)ccc1Cl. The second-order valence-electron chi connectivity index (χ2n) is 9.42. The highest BCUT2D eigenvalue weighted by molar-refractivity contribution is 9.10. The number of benzene rings is 4. The Labute approximate surface area is 272 Å². The molecular weight excluding hydrogens is 666 g/mol. The molecule has 11 heteroatoms. The van der Waals surface area contributed by atoms with Crippen LogP contribution in [0, 0.1) is 0 Å². The van der Waals surface area contributed by atoms with E-state index in [1.807, 2.05) is 37.3 Å². The van der Waals surface area contributed by atoms with E-state index in [-0.39, 0.29) is 27.9 Å². The molecule has 0 radical (unpaired) electrons. The van der Waals surface area contributed by atoms with Crippen molar-refractivity contribution >= 4 is 80.4 Å². The largest absolute Gasteiger partial charge is 0.478 e. The molecule has 0 fully saturated rings. The molecule has 1 unspecified atom stereocenters. The Morgan fingerprint density at radius 2 is 1.61 bits per heavy atom. The van der Waals surface area contributed by atoms with E-state index in [4.69, 9.17) is 11.6 Å². The minimum atomic E-state index is -1.13. The number of anilines is 2. The van der Waals surface area contributed by atoms with Gasteiger partial charge in [-0.2, -0.15) is 0 Å². The summed E-state index contributed by atoms with van der Waals surface area (Å²) in [5.74, 6) is -2.44. The molecule has 0 saturated carbocycles. The fourth-order valence-corrected chi connectivity index (χ4v) is 5.41. The van der Waals surface area contributed by atoms with Crippen LogP contribution in [0.5, 0.6) is 0 Å². The number of thioether (sulfide) groups is 1. The summed E-state index contributed by atoms with van der Waals surface area (Å²) in [7, 11) is 0. The summed E-state index contributed by atoms with van der Waals surface area (Å²) in [6.07, 6.45) is 2.05. The Kier molecular flexibility index (Phi) is 11.4. The summed E-state index contributed by atoms with van der Waals surface area (Å²) < 4.78 is 0.874. The van der Waals surface area contributed by atoms with Gasteiger partial charge in [0, 0.05) is 20.6 Å². The third-order valence-electron chi connectivity index (χ3n) is 6.21. The van der Waals surface area contributed by atoms with E-state index in [1.165, 1.54) is 30.0 Å². The number of carboxylic acids is 1. The first-order chi connectivity index (χ1) is 21.1. The molecule has 0 bridgehead atoms. The molecule has 0 aromatic heterocycles. The van der Waals surface area contributed by atoms with Gasteiger partial charge in [0.15, 0.2) is 0 Å². The zero-order chi connectivity index (χ0) is 31.6. The highest BCUT2D eigenvalue weighted by Gasteiger charge is 2.21. The molecule has 0 aliphatic carbocycles. The number of hydrogen-bond acceptors (Lipinski definition) is 5. The average molecular weight is 693 g/mol. The first-order valence-electron chi connectivity index (χ1n) is 13.4. The second kappa shape index (κ2) is 15.4.